The minimum absolute atomic E-state index is 0.0668. The van der Waals surface area contributed by atoms with E-state index in [9.17, 15) is 19.2 Å². The molecule has 0 aliphatic carbocycles. The fourth-order valence-electron chi connectivity index (χ4n) is 4.23. The molecular formula is C27H31Cl2N3O4. The maximum atomic E-state index is 13.4. The summed E-state index contributed by atoms with van der Waals surface area (Å²) in [5.74, 6) is -1.18. The molecular weight excluding hydrogens is 501 g/mol. The molecule has 0 bridgehead atoms. The number of fused-ring (bicyclic) bond motifs is 1. The fraction of sp³-hybridized carbons (Fsp3) is 0.407. The average molecular weight is 532 g/mol. The van der Waals surface area contributed by atoms with Gasteiger partial charge in [0.05, 0.1) is 11.1 Å². The fourth-order valence-corrected chi connectivity index (χ4v) is 4.70. The number of halogens is 2. The number of nitrogens with zero attached hydrogens (tertiary/aromatic N) is 2. The third-order valence-corrected chi connectivity index (χ3v) is 6.81. The quantitative estimate of drug-likeness (QED) is 0.305. The molecule has 4 amide bonds. The van der Waals surface area contributed by atoms with Crippen LogP contribution in [0.4, 0.5) is 0 Å². The number of carbonyl (C=O) groups is 4. The number of benzene rings is 2. The molecule has 2 aromatic carbocycles. The first-order valence-corrected chi connectivity index (χ1v) is 13.0. The van der Waals surface area contributed by atoms with Gasteiger partial charge in [-0.2, -0.15) is 0 Å². The van der Waals surface area contributed by atoms with Gasteiger partial charge in [0.15, 0.2) is 0 Å². The molecule has 0 aromatic heterocycles. The van der Waals surface area contributed by atoms with E-state index in [4.69, 9.17) is 23.2 Å². The molecule has 36 heavy (non-hydrogen) atoms. The predicted octanol–water partition coefficient (Wildman–Crippen LogP) is 5.09. The first kappa shape index (κ1) is 27.7. The second kappa shape index (κ2) is 12.9. The predicted molar refractivity (Wildman–Crippen MR) is 140 cm³/mol. The lowest BCUT2D eigenvalue weighted by atomic mass is 10.1. The van der Waals surface area contributed by atoms with Gasteiger partial charge >= 0.3 is 0 Å². The van der Waals surface area contributed by atoms with Crippen molar-refractivity contribution >= 4 is 46.8 Å². The largest absolute Gasteiger partial charge is 0.354 e. The SMILES string of the molecule is CCCCNC(=O)[C@@H](CC)N(Cc1ccc(Cl)cc1Cl)C(=O)CCCN1C(=O)c2ccccc2C1=O. The molecule has 1 atom stereocenters. The first-order valence-electron chi connectivity index (χ1n) is 12.2. The van der Waals surface area contributed by atoms with Crippen LogP contribution in [-0.2, 0) is 16.1 Å². The topological polar surface area (TPSA) is 86.8 Å². The summed E-state index contributed by atoms with van der Waals surface area (Å²) in [5, 5.41) is 3.81. The molecule has 1 aliphatic heterocycles. The van der Waals surface area contributed by atoms with Gasteiger partial charge in [0, 0.05) is 36.1 Å². The second-order valence-electron chi connectivity index (χ2n) is 8.74. The number of amides is 4. The van der Waals surface area contributed by atoms with E-state index < -0.39 is 6.04 Å². The Bertz CT molecular complexity index is 1100. The Kier molecular flexibility index (Phi) is 9.90. The van der Waals surface area contributed by atoms with E-state index in [1.54, 1.807) is 42.5 Å². The van der Waals surface area contributed by atoms with E-state index >= 15 is 0 Å². The summed E-state index contributed by atoms with van der Waals surface area (Å²) in [7, 11) is 0. The van der Waals surface area contributed by atoms with Gasteiger partial charge in [0.25, 0.3) is 11.8 Å². The number of hydrogen-bond donors (Lipinski definition) is 1. The third kappa shape index (κ3) is 6.45. The van der Waals surface area contributed by atoms with Crippen LogP contribution in [-0.4, -0.2) is 52.6 Å². The molecule has 0 saturated carbocycles. The van der Waals surface area contributed by atoms with Gasteiger partial charge in [-0.25, -0.2) is 0 Å². The smallest absolute Gasteiger partial charge is 0.261 e. The maximum absolute atomic E-state index is 13.4. The summed E-state index contributed by atoms with van der Waals surface area (Å²) in [6.45, 7) is 4.69. The summed E-state index contributed by atoms with van der Waals surface area (Å²) in [5.41, 5.74) is 1.43. The monoisotopic (exact) mass is 531 g/mol. The van der Waals surface area contributed by atoms with Crippen molar-refractivity contribution < 1.29 is 19.2 Å². The molecule has 1 N–H and O–H groups in total. The van der Waals surface area contributed by atoms with Gasteiger partial charge in [-0.05, 0) is 49.1 Å². The minimum atomic E-state index is -0.680. The highest BCUT2D eigenvalue weighted by Gasteiger charge is 2.35. The Morgan fingerprint density at radius 1 is 1.00 bits per heavy atom. The highest BCUT2D eigenvalue weighted by molar-refractivity contribution is 6.35. The van der Waals surface area contributed by atoms with Crippen molar-refractivity contribution in [2.75, 3.05) is 13.1 Å². The molecule has 0 fully saturated rings. The molecule has 9 heteroatoms. The van der Waals surface area contributed by atoms with Crippen LogP contribution >= 0.6 is 23.2 Å². The second-order valence-corrected chi connectivity index (χ2v) is 9.58. The summed E-state index contributed by atoms with van der Waals surface area (Å²) in [6.07, 6.45) is 2.56. The van der Waals surface area contributed by atoms with Gasteiger partial charge in [-0.15, -0.1) is 0 Å². The van der Waals surface area contributed by atoms with E-state index in [0.29, 0.717) is 39.7 Å². The molecule has 0 radical (unpaired) electrons. The zero-order chi connectivity index (χ0) is 26.2. The van der Waals surface area contributed by atoms with Gasteiger partial charge in [0.1, 0.15) is 6.04 Å². The summed E-state index contributed by atoms with van der Waals surface area (Å²) in [4.78, 5) is 54.3. The zero-order valence-corrected chi connectivity index (χ0v) is 22.1. The van der Waals surface area contributed by atoms with Gasteiger partial charge in [-0.3, -0.25) is 24.1 Å². The van der Waals surface area contributed by atoms with E-state index in [2.05, 4.69) is 5.32 Å². The summed E-state index contributed by atoms with van der Waals surface area (Å²) in [6, 6.07) is 11.0. The number of unbranched alkanes of at least 4 members (excludes halogenated alkanes) is 1. The Labute approximate surface area is 221 Å². The van der Waals surface area contributed by atoms with Gasteiger partial charge < -0.3 is 10.2 Å². The van der Waals surface area contributed by atoms with E-state index in [1.165, 1.54) is 9.80 Å². The van der Waals surface area contributed by atoms with Crippen molar-refractivity contribution in [3.05, 3.63) is 69.2 Å². The van der Waals surface area contributed by atoms with Crippen molar-refractivity contribution in [1.82, 2.24) is 15.1 Å². The molecule has 0 spiro atoms. The molecule has 0 unspecified atom stereocenters. The van der Waals surface area contributed by atoms with Crippen molar-refractivity contribution in [3.8, 4) is 0 Å². The van der Waals surface area contributed by atoms with Crippen LogP contribution in [0, 0.1) is 0 Å². The Hall–Kier alpha value is -2.90. The van der Waals surface area contributed by atoms with Crippen molar-refractivity contribution in [2.24, 2.45) is 0 Å². The standard InChI is InChI=1S/C27H31Cl2N3O4/c1-3-5-14-30-25(34)23(4-2)32(17-18-12-13-19(28)16-22(18)29)24(33)11-8-15-31-26(35)20-9-6-7-10-21(20)27(31)36/h6-7,9-10,12-13,16,23H,3-5,8,11,14-15,17H2,1-2H3,(H,30,34)/t23-/m1/s1. The molecule has 1 aliphatic rings. The molecule has 3 rings (SSSR count). The Balaban J connectivity index is 1.72. The van der Waals surface area contributed by atoms with Crippen LogP contribution in [0.25, 0.3) is 0 Å². The lowest BCUT2D eigenvalue weighted by Crippen LogP contribution is -2.49. The van der Waals surface area contributed by atoms with Gasteiger partial charge in [0.2, 0.25) is 11.8 Å². The zero-order valence-electron chi connectivity index (χ0n) is 20.6. The number of carbonyl (C=O) groups excluding carboxylic acids is 4. The van der Waals surface area contributed by atoms with Crippen LogP contribution in [0.1, 0.15) is 72.2 Å². The minimum Gasteiger partial charge on any atom is -0.354 e. The highest BCUT2D eigenvalue weighted by Crippen LogP contribution is 2.25. The highest BCUT2D eigenvalue weighted by atomic mass is 35.5. The van der Waals surface area contributed by atoms with Crippen LogP contribution in [0.2, 0.25) is 10.0 Å². The van der Waals surface area contributed by atoms with Crippen LogP contribution in [0.5, 0.6) is 0 Å². The molecule has 1 heterocycles. The van der Waals surface area contributed by atoms with E-state index in [-0.39, 0.29) is 49.6 Å². The third-order valence-electron chi connectivity index (χ3n) is 6.22. The molecule has 7 nitrogen and oxygen atoms in total. The summed E-state index contributed by atoms with van der Waals surface area (Å²) >= 11 is 12.4. The molecule has 2 aromatic rings. The van der Waals surface area contributed by atoms with Crippen molar-refractivity contribution in [2.45, 2.75) is 58.5 Å². The molecule has 0 saturated heterocycles. The first-order chi connectivity index (χ1) is 17.3. The van der Waals surface area contributed by atoms with Crippen LogP contribution in [0.15, 0.2) is 42.5 Å². The molecule has 192 valence electrons. The van der Waals surface area contributed by atoms with E-state index in [1.807, 2.05) is 13.8 Å². The van der Waals surface area contributed by atoms with Crippen LogP contribution < -0.4 is 5.32 Å². The van der Waals surface area contributed by atoms with Crippen molar-refractivity contribution in [1.29, 1.82) is 0 Å². The van der Waals surface area contributed by atoms with E-state index in [0.717, 1.165) is 12.8 Å². The average Bonchev–Trinajstić information content (AvgIpc) is 3.10. The lowest BCUT2D eigenvalue weighted by molar-refractivity contribution is -0.141. The normalized spacial score (nSPS) is 13.5. The number of rotatable bonds is 12. The van der Waals surface area contributed by atoms with Gasteiger partial charge in [-0.1, -0.05) is 61.7 Å². The van der Waals surface area contributed by atoms with Crippen LogP contribution in [0.3, 0.4) is 0 Å². The maximum Gasteiger partial charge on any atom is 0.261 e. The summed E-state index contributed by atoms with van der Waals surface area (Å²) < 4.78 is 0. The number of nitrogens with one attached hydrogen (secondary N) is 1. The lowest BCUT2D eigenvalue weighted by Gasteiger charge is -2.31. The Morgan fingerprint density at radius 2 is 1.67 bits per heavy atom. The number of hydrogen-bond acceptors (Lipinski definition) is 4. The Morgan fingerprint density at radius 3 is 2.25 bits per heavy atom. The van der Waals surface area contributed by atoms with Crippen molar-refractivity contribution in [3.63, 3.8) is 0 Å². The number of imide groups is 1.